The molecule has 5 nitrogen and oxygen atoms in total. The fraction of sp³-hybridized carbons (Fsp3) is 0.273. The Morgan fingerprint density at radius 3 is 2.94 bits per heavy atom. The number of carboxylic acids is 1. The number of ether oxygens (including phenoxy) is 1. The average Bonchev–Trinajstić information content (AvgIpc) is 2.29. The maximum absolute atomic E-state index is 10.7. The molecule has 0 spiro atoms. The first-order valence-corrected chi connectivity index (χ1v) is 5.57. The minimum atomic E-state index is -1.05. The van der Waals surface area contributed by atoms with Crippen molar-refractivity contribution in [1.29, 1.82) is 5.26 Å². The van der Waals surface area contributed by atoms with Crippen molar-refractivity contribution in [3.63, 3.8) is 0 Å². The van der Waals surface area contributed by atoms with Gasteiger partial charge in [0, 0.05) is 11.6 Å². The summed E-state index contributed by atoms with van der Waals surface area (Å²) in [4.78, 5) is 10.7. The second-order valence-corrected chi connectivity index (χ2v) is 4.07. The van der Waals surface area contributed by atoms with Gasteiger partial charge in [0.05, 0.1) is 17.8 Å². The molecule has 1 aromatic carbocycles. The third kappa shape index (κ3) is 3.44. The Hall–Kier alpha value is -1.58. The molecule has 1 rings (SSSR count). The molecule has 6 heteroatoms. The number of rotatable bonds is 5. The van der Waals surface area contributed by atoms with Gasteiger partial charge in [0.25, 0.3) is 0 Å². The number of methoxy groups -OCH3 is 1. The summed E-state index contributed by atoms with van der Waals surface area (Å²) in [6.07, 6.45) is -0.944. The van der Waals surface area contributed by atoms with Gasteiger partial charge >= 0.3 is 5.97 Å². The second-order valence-electron chi connectivity index (χ2n) is 3.22. The molecule has 1 aromatic rings. The number of nitrogens with zero attached hydrogens (tertiary/aromatic N) is 1. The van der Waals surface area contributed by atoms with E-state index in [1.54, 1.807) is 18.2 Å². The lowest BCUT2D eigenvalue weighted by atomic mass is 10.2. The molecule has 1 atom stereocenters. The standard InChI is InChI=1S/C11H11BrN2O3/c1-17-10(11(15)16)6-14-9-4-2-3-8(12)7(9)5-13/h2-4,10,14H,6H2,1H3,(H,15,16). The Kier molecular flexibility index (Phi) is 4.94. The monoisotopic (exact) mass is 298 g/mol. The van der Waals surface area contributed by atoms with E-state index in [9.17, 15) is 4.79 Å². The van der Waals surface area contributed by atoms with E-state index in [0.29, 0.717) is 15.7 Å². The maximum Gasteiger partial charge on any atom is 0.334 e. The van der Waals surface area contributed by atoms with E-state index in [-0.39, 0.29) is 6.54 Å². The van der Waals surface area contributed by atoms with E-state index in [0.717, 1.165) is 0 Å². The van der Waals surface area contributed by atoms with Crippen LogP contribution in [-0.2, 0) is 9.53 Å². The lowest BCUT2D eigenvalue weighted by molar-refractivity contribution is -0.147. The third-order valence-corrected chi connectivity index (χ3v) is 2.82. The fourth-order valence-corrected chi connectivity index (χ4v) is 1.71. The molecule has 0 saturated carbocycles. The first-order valence-electron chi connectivity index (χ1n) is 4.78. The van der Waals surface area contributed by atoms with E-state index < -0.39 is 12.1 Å². The van der Waals surface area contributed by atoms with E-state index in [2.05, 4.69) is 21.2 Å². The molecule has 17 heavy (non-hydrogen) atoms. The topological polar surface area (TPSA) is 82.3 Å². The van der Waals surface area contributed by atoms with Crippen LogP contribution in [-0.4, -0.2) is 30.8 Å². The molecule has 0 aliphatic rings. The van der Waals surface area contributed by atoms with Crippen molar-refractivity contribution in [2.24, 2.45) is 0 Å². The van der Waals surface area contributed by atoms with Crippen molar-refractivity contribution < 1.29 is 14.6 Å². The zero-order valence-corrected chi connectivity index (χ0v) is 10.7. The molecule has 0 fully saturated rings. The number of anilines is 1. The number of hydrogen-bond acceptors (Lipinski definition) is 4. The normalized spacial score (nSPS) is 11.6. The van der Waals surface area contributed by atoms with Gasteiger partial charge in [-0.25, -0.2) is 4.79 Å². The number of carboxylic acid groups (broad SMARTS) is 1. The van der Waals surface area contributed by atoms with Crippen LogP contribution in [0.1, 0.15) is 5.56 Å². The highest BCUT2D eigenvalue weighted by Crippen LogP contribution is 2.23. The molecular weight excluding hydrogens is 288 g/mol. The molecule has 90 valence electrons. The van der Waals surface area contributed by atoms with Gasteiger partial charge in [-0.1, -0.05) is 6.07 Å². The Morgan fingerprint density at radius 2 is 2.41 bits per heavy atom. The molecule has 0 radical (unpaired) electrons. The van der Waals surface area contributed by atoms with Gasteiger partial charge < -0.3 is 15.2 Å². The Balaban J connectivity index is 2.79. The molecule has 0 aromatic heterocycles. The van der Waals surface area contributed by atoms with Crippen LogP contribution < -0.4 is 5.32 Å². The highest BCUT2D eigenvalue weighted by Gasteiger charge is 2.16. The van der Waals surface area contributed by atoms with Crippen LogP contribution in [0.15, 0.2) is 22.7 Å². The van der Waals surface area contributed by atoms with Crippen molar-refractivity contribution >= 4 is 27.6 Å². The number of aliphatic carboxylic acids is 1. The first kappa shape index (κ1) is 13.5. The second kappa shape index (κ2) is 6.23. The van der Waals surface area contributed by atoms with Crippen LogP contribution in [0, 0.1) is 11.3 Å². The zero-order chi connectivity index (χ0) is 12.8. The maximum atomic E-state index is 10.7. The van der Waals surface area contributed by atoms with Crippen molar-refractivity contribution in [2.45, 2.75) is 6.10 Å². The van der Waals surface area contributed by atoms with Crippen LogP contribution in [0.25, 0.3) is 0 Å². The Bertz CT molecular complexity index is 457. The number of benzene rings is 1. The summed E-state index contributed by atoms with van der Waals surface area (Å²) in [6, 6.07) is 7.25. The largest absolute Gasteiger partial charge is 0.479 e. The summed E-state index contributed by atoms with van der Waals surface area (Å²) in [5.41, 5.74) is 1.01. The van der Waals surface area contributed by atoms with Crippen molar-refractivity contribution in [3.8, 4) is 6.07 Å². The minimum Gasteiger partial charge on any atom is -0.479 e. The van der Waals surface area contributed by atoms with Crippen LogP contribution in [0.2, 0.25) is 0 Å². The predicted molar refractivity (Wildman–Crippen MR) is 65.8 cm³/mol. The van der Waals surface area contributed by atoms with Gasteiger partial charge in [0.2, 0.25) is 0 Å². The van der Waals surface area contributed by atoms with Crippen LogP contribution in [0.4, 0.5) is 5.69 Å². The number of hydrogen-bond donors (Lipinski definition) is 2. The zero-order valence-electron chi connectivity index (χ0n) is 9.11. The third-order valence-electron chi connectivity index (χ3n) is 2.16. The van der Waals surface area contributed by atoms with Gasteiger partial charge in [-0.3, -0.25) is 0 Å². The molecule has 0 amide bonds. The van der Waals surface area contributed by atoms with Crippen molar-refractivity contribution in [1.82, 2.24) is 0 Å². The van der Waals surface area contributed by atoms with Crippen LogP contribution in [0.3, 0.4) is 0 Å². The van der Waals surface area contributed by atoms with Gasteiger partial charge in [0.1, 0.15) is 6.07 Å². The molecule has 0 heterocycles. The van der Waals surface area contributed by atoms with Gasteiger partial charge in [-0.05, 0) is 28.1 Å². The smallest absolute Gasteiger partial charge is 0.334 e. The van der Waals surface area contributed by atoms with Crippen LogP contribution in [0.5, 0.6) is 0 Å². The summed E-state index contributed by atoms with van der Waals surface area (Å²) in [5.74, 6) is -1.05. The average molecular weight is 299 g/mol. The quantitative estimate of drug-likeness (QED) is 0.866. The highest BCUT2D eigenvalue weighted by molar-refractivity contribution is 9.10. The van der Waals surface area contributed by atoms with Crippen LogP contribution >= 0.6 is 15.9 Å². The van der Waals surface area contributed by atoms with E-state index in [1.807, 2.05) is 6.07 Å². The first-order chi connectivity index (χ1) is 8.10. The molecular formula is C11H11BrN2O3. The fourth-order valence-electron chi connectivity index (χ4n) is 1.26. The lowest BCUT2D eigenvalue weighted by Gasteiger charge is -2.13. The summed E-state index contributed by atoms with van der Waals surface area (Å²) < 4.78 is 5.44. The predicted octanol–water partition coefficient (Wildman–Crippen LogP) is 1.83. The molecule has 2 N–H and O–H groups in total. The highest BCUT2D eigenvalue weighted by atomic mass is 79.9. The lowest BCUT2D eigenvalue weighted by Crippen LogP contribution is -2.30. The van der Waals surface area contributed by atoms with Gasteiger partial charge in [-0.15, -0.1) is 0 Å². The SMILES string of the molecule is COC(CNc1cccc(Br)c1C#N)C(=O)O. The molecule has 1 unspecified atom stereocenters. The summed E-state index contributed by atoms with van der Waals surface area (Å²) in [5, 5.41) is 20.6. The summed E-state index contributed by atoms with van der Waals surface area (Å²) >= 11 is 3.25. The van der Waals surface area contributed by atoms with Gasteiger partial charge in [0.15, 0.2) is 6.10 Å². The van der Waals surface area contributed by atoms with Gasteiger partial charge in [-0.2, -0.15) is 5.26 Å². The van der Waals surface area contributed by atoms with E-state index >= 15 is 0 Å². The number of nitrogens with one attached hydrogen (secondary N) is 1. The summed E-state index contributed by atoms with van der Waals surface area (Å²) in [7, 11) is 1.33. The van der Waals surface area contributed by atoms with Crippen molar-refractivity contribution in [3.05, 3.63) is 28.2 Å². The number of halogens is 1. The van der Waals surface area contributed by atoms with Crippen molar-refractivity contribution in [2.75, 3.05) is 19.0 Å². The molecule has 0 aliphatic carbocycles. The minimum absolute atomic E-state index is 0.0942. The molecule has 0 aliphatic heterocycles. The summed E-state index contributed by atoms with van der Waals surface area (Å²) in [6.45, 7) is 0.0942. The Morgan fingerprint density at radius 1 is 1.71 bits per heavy atom. The van der Waals surface area contributed by atoms with E-state index in [4.69, 9.17) is 15.1 Å². The number of nitriles is 1. The number of carbonyl (C=O) groups is 1. The molecule has 0 bridgehead atoms. The van der Waals surface area contributed by atoms with E-state index in [1.165, 1.54) is 7.11 Å². The molecule has 0 saturated heterocycles. The Labute approximate surface area is 107 Å².